The quantitative estimate of drug-likeness (QED) is 0.338. The van der Waals surface area contributed by atoms with Crippen LogP contribution in [-0.4, -0.2) is 26.8 Å². The first-order chi connectivity index (χ1) is 13.3. The predicted molar refractivity (Wildman–Crippen MR) is 112 cm³/mol. The summed E-state index contributed by atoms with van der Waals surface area (Å²) in [5.74, 6) is -0.287. The zero-order chi connectivity index (χ0) is 21.0. The minimum absolute atomic E-state index is 0.0225. The van der Waals surface area contributed by atoms with Gasteiger partial charge in [-0.05, 0) is 31.0 Å². The molecule has 0 aromatic heterocycles. The number of amides is 2. The molecule has 1 aromatic carbocycles. The van der Waals surface area contributed by atoms with Gasteiger partial charge >= 0.3 is 6.03 Å². The van der Waals surface area contributed by atoms with Crippen molar-refractivity contribution < 1.29 is 18.0 Å². The highest BCUT2D eigenvalue weighted by molar-refractivity contribution is 7.90. The van der Waals surface area contributed by atoms with Crippen LogP contribution in [0.15, 0.2) is 23.1 Å². The van der Waals surface area contributed by atoms with Crippen molar-refractivity contribution in [2.75, 3.05) is 6.54 Å². The fourth-order valence-corrected chi connectivity index (χ4v) is 4.09. The first-order valence-electron chi connectivity index (χ1n) is 9.95. The van der Waals surface area contributed by atoms with Gasteiger partial charge in [-0.15, -0.1) is 0 Å². The van der Waals surface area contributed by atoms with Crippen LogP contribution in [0.1, 0.15) is 82.0 Å². The number of carbonyl (C=O) groups is 2. The Balaban J connectivity index is 2.77. The van der Waals surface area contributed by atoms with Gasteiger partial charge in [-0.25, -0.2) is 17.9 Å². The fourth-order valence-electron chi connectivity index (χ4n) is 2.78. The summed E-state index contributed by atoms with van der Waals surface area (Å²) in [5, 5.41) is 2.72. The third kappa shape index (κ3) is 8.61. The SMILES string of the molecule is CCCCCCCCCC(=O)c1cc(Cl)ccc1S(=O)(=O)NC(=O)NCCC. The fraction of sp³-hybridized carbons (Fsp3) is 0.600. The molecular formula is C20H31ClN2O4S. The van der Waals surface area contributed by atoms with Crippen LogP contribution in [0.3, 0.4) is 0 Å². The number of nitrogens with one attached hydrogen (secondary N) is 2. The van der Waals surface area contributed by atoms with Crippen molar-refractivity contribution in [2.24, 2.45) is 0 Å². The smallest absolute Gasteiger partial charge is 0.328 e. The lowest BCUT2D eigenvalue weighted by Gasteiger charge is -2.12. The van der Waals surface area contributed by atoms with Gasteiger partial charge in [-0.2, -0.15) is 0 Å². The maximum absolute atomic E-state index is 12.6. The number of unbranched alkanes of at least 4 members (excludes halogenated alkanes) is 6. The van der Waals surface area contributed by atoms with E-state index in [9.17, 15) is 18.0 Å². The number of urea groups is 1. The van der Waals surface area contributed by atoms with E-state index in [1.54, 1.807) is 0 Å². The number of rotatable bonds is 13. The Labute approximate surface area is 173 Å². The normalized spacial score (nSPS) is 11.2. The molecule has 0 bridgehead atoms. The summed E-state index contributed by atoms with van der Waals surface area (Å²) in [6.07, 6.45) is 8.37. The highest BCUT2D eigenvalue weighted by atomic mass is 35.5. The molecule has 2 amide bonds. The van der Waals surface area contributed by atoms with Gasteiger partial charge in [0.1, 0.15) is 0 Å². The number of ketones is 1. The molecular weight excluding hydrogens is 400 g/mol. The summed E-state index contributed by atoms with van der Waals surface area (Å²) < 4.78 is 27.0. The molecule has 0 fully saturated rings. The Bertz CT molecular complexity index is 751. The van der Waals surface area contributed by atoms with E-state index < -0.39 is 16.1 Å². The first-order valence-corrected chi connectivity index (χ1v) is 11.8. The van der Waals surface area contributed by atoms with Crippen molar-refractivity contribution in [1.82, 2.24) is 10.0 Å². The number of sulfonamides is 1. The second kappa shape index (κ2) is 12.8. The van der Waals surface area contributed by atoms with Crippen LogP contribution in [-0.2, 0) is 10.0 Å². The molecule has 0 unspecified atom stereocenters. The van der Waals surface area contributed by atoms with Gasteiger partial charge in [-0.1, -0.05) is 64.0 Å². The van der Waals surface area contributed by atoms with E-state index in [0.29, 0.717) is 19.4 Å². The molecule has 8 heteroatoms. The molecule has 28 heavy (non-hydrogen) atoms. The lowest BCUT2D eigenvalue weighted by Crippen LogP contribution is -2.40. The van der Waals surface area contributed by atoms with E-state index in [1.165, 1.54) is 37.5 Å². The molecule has 0 saturated heterocycles. The second-order valence-electron chi connectivity index (χ2n) is 6.80. The number of benzene rings is 1. The zero-order valence-corrected chi connectivity index (χ0v) is 18.3. The van der Waals surface area contributed by atoms with Crippen LogP contribution in [0, 0.1) is 0 Å². The maximum Gasteiger partial charge on any atom is 0.328 e. The third-order valence-electron chi connectivity index (χ3n) is 4.30. The second-order valence-corrected chi connectivity index (χ2v) is 8.88. The third-order valence-corrected chi connectivity index (χ3v) is 5.93. The molecule has 0 radical (unpaired) electrons. The summed E-state index contributed by atoms with van der Waals surface area (Å²) in [7, 11) is -4.17. The van der Waals surface area contributed by atoms with Gasteiger partial charge in [0.05, 0.1) is 4.90 Å². The van der Waals surface area contributed by atoms with E-state index in [1.807, 2.05) is 11.6 Å². The molecule has 158 valence electrons. The lowest BCUT2D eigenvalue weighted by atomic mass is 10.0. The van der Waals surface area contributed by atoms with Crippen LogP contribution >= 0.6 is 11.6 Å². The Morgan fingerprint density at radius 2 is 1.61 bits per heavy atom. The summed E-state index contributed by atoms with van der Waals surface area (Å²) >= 11 is 5.97. The van der Waals surface area contributed by atoms with E-state index >= 15 is 0 Å². The molecule has 0 spiro atoms. The first kappa shape index (κ1) is 24.4. The van der Waals surface area contributed by atoms with Gasteiger partial charge in [-0.3, -0.25) is 4.79 Å². The van der Waals surface area contributed by atoms with Gasteiger partial charge in [0, 0.05) is 23.6 Å². The van der Waals surface area contributed by atoms with Gasteiger partial charge in [0.15, 0.2) is 5.78 Å². The highest BCUT2D eigenvalue weighted by Gasteiger charge is 2.24. The largest absolute Gasteiger partial charge is 0.337 e. The maximum atomic E-state index is 12.6. The van der Waals surface area contributed by atoms with Crippen molar-refractivity contribution in [3.8, 4) is 0 Å². The van der Waals surface area contributed by atoms with Crippen LogP contribution in [0.2, 0.25) is 5.02 Å². The van der Waals surface area contributed by atoms with Crippen LogP contribution in [0.25, 0.3) is 0 Å². The summed E-state index contributed by atoms with van der Waals surface area (Å²) in [6.45, 7) is 4.37. The van der Waals surface area contributed by atoms with Crippen LogP contribution < -0.4 is 10.0 Å². The molecule has 1 rings (SSSR count). The summed E-state index contributed by atoms with van der Waals surface area (Å²) in [4.78, 5) is 24.1. The molecule has 2 N–H and O–H groups in total. The standard InChI is InChI=1S/C20H31ClN2O4S/c1-3-5-6-7-8-9-10-11-18(24)17-15-16(21)12-13-19(17)28(26,27)23-20(25)22-14-4-2/h12-13,15H,3-11,14H2,1-2H3,(H2,22,23,25). The average molecular weight is 431 g/mol. The van der Waals surface area contributed by atoms with Crippen molar-refractivity contribution in [2.45, 2.75) is 76.5 Å². The lowest BCUT2D eigenvalue weighted by molar-refractivity contribution is 0.0975. The molecule has 6 nitrogen and oxygen atoms in total. The van der Waals surface area contributed by atoms with Crippen molar-refractivity contribution in [3.05, 3.63) is 28.8 Å². The Hall–Kier alpha value is -1.60. The number of halogens is 1. The predicted octanol–water partition coefficient (Wildman–Crippen LogP) is 5.06. The molecule has 0 aliphatic heterocycles. The number of carbonyl (C=O) groups excluding carboxylic acids is 2. The average Bonchev–Trinajstić information content (AvgIpc) is 2.64. The number of hydrogen-bond donors (Lipinski definition) is 2. The van der Waals surface area contributed by atoms with E-state index in [-0.39, 0.29) is 27.7 Å². The minimum Gasteiger partial charge on any atom is -0.337 e. The van der Waals surface area contributed by atoms with Crippen LogP contribution in [0.4, 0.5) is 4.79 Å². The van der Waals surface area contributed by atoms with E-state index in [0.717, 1.165) is 19.3 Å². The van der Waals surface area contributed by atoms with E-state index in [4.69, 9.17) is 11.6 Å². The Morgan fingerprint density at radius 3 is 2.25 bits per heavy atom. The Morgan fingerprint density at radius 1 is 0.964 bits per heavy atom. The minimum atomic E-state index is -4.17. The molecule has 0 heterocycles. The van der Waals surface area contributed by atoms with Gasteiger partial charge < -0.3 is 5.32 Å². The topological polar surface area (TPSA) is 92.3 Å². The molecule has 0 aliphatic rings. The molecule has 0 saturated carbocycles. The monoisotopic (exact) mass is 430 g/mol. The van der Waals surface area contributed by atoms with Crippen molar-refractivity contribution in [3.63, 3.8) is 0 Å². The van der Waals surface area contributed by atoms with Gasteiger partial charge in [0.25, 0.3) is 10.0 Å². The van der Waals surface area contributed by atoms with Crippen molar-refractivity contribution >= 4 is 33.4 Å². The molecule has 0 aliphatic carbocycles. The number of Topliss-reactive ketones (excluding diaryl/α,β-unsaturated/α-hetero) is 1. The van der Waals surface area contributed by atoms with E-state index in [2.05, 4.69) is 12.2 Å². The van der Waals surface area contributed by atoms with Gasteiger partial charge in [0.2, 0.25) is 0 Å². The zero-order valence-electron chi connectivity index (χ0n) is 16.7. The summed E-state index contributed by atoms with van der Waals surface area (Å²) in [6, 6.07) is 3.19. The Kier molecular flexibility index (Phi) is 11.2. The summed E-state index contributed by atoms with van der Waals surface area (Å²) in [5.41, 5.74) is 0.0225. The molecule has 0 atom stereocenters. The van der Waals surface area contributed by atoms with Crippen molar-refractivity contribution in [1.29, 1.82) is 0 Å². The number of hydrogen-bond acceptors (Lipinski definition) is 4. The van der Waals surface area contributed by atoms with Crippen LogP contribution in [0.5, 0.6) is 0 Å². The molecule has 1 aromatic rings. The highest BCUT2D eigenvalue weighted by Crippen LogP contribution is 2.23.